The van der Waals surface area contributed by atoms with Crippen LogP contribution in [0.2, 0.25) is 0 Å². The first-order valence-corrected chi connectivity index (χ1v) is 9.37. The van der Waals surface area contributed by atoms with Crippen molar-refractivity contribution in [3.05, 3.63) is 28.2 Å². The van der Waals surface area contributed by atoms with Gasteiger partial charge < -0.3 is 4.74 Å². The number of carbonyl (C=O) groups is 1. The van der Waals surface area contributed by atoms with E-state index in [9.17, 15) is 13.2 Å². The van der Waals surface area contributed by atoms with Gasteiger partial charge in [-0.05, 0) is 30.5 Å². The van der Waals surface area contributed by atoms with E-state index in [1.807, 2.05) is 12.1 Å². The molecule has 0 saturated carbocycles. The van der Waals surface area contributed by atoms with Gasteiger partial charge in [0.15, 0.2) is 9.84 Å². The van der Waals surface area contributed by atoms with Gasteiger partial charge in [-0.25, -0.2) is 13.8 Å². The van der Waals surface area contributed by atoms with E-state index in [0.717, 1.165) is 10.0 Å². The number of amides is 1. The molecule has 1 fully saturated rings. The molecule has 1 aromatic rings. The van der Waals surface area contributed by atoms with Crippen molar-refractivity contribution in [1.82, 2.24) is 5.43 Å². The molecule has 0 spiro atoms. The number of carbonyl (C=O) groups excluding carboxylic acids is 1. The Balaban J connectivity index is 1.90. The highest BCUT2D eigenvalue weighted by Crippen LogP contribution is 2.22. The number of benzene rings is 1. The Labute approximate surface area is 138 Å². The van der Waals surface area contributed by atoms with Crippen LogP contribution in [0.5, 0.6) is 5.75 Å². The number of hydrogen-bond acceptors (Lipinski definition) is 5. The highest BCUT2D eigenvalue weighted by atomic mass is 79.9. The van der Waals surface area contributed by atoms with Crippen LogP contribution in [0.3, 0.4) is 0 Å². The number of hydrogen-bond donors (Lipinski definition) is 1. The quantitative estimate of drug-likeness (QED) is 0.614. The van der Waals surface area contributed by atoms with Crippen molar-refractivity contribution in [1.29, 1.82) is 0 Å². The summed E-state index contributed by atoms with van der Waals surface area (Å²) in [4.78, 5) is 11.8. The van der Waals surface area contributed by atoms with Gasteiger partial charge >= 0.3 is 0 Å². The summed E-state index contributed by atoms with van der Waals surface area (Å²) < 4.78 is 28.8. The molecule has 0 bridgehead atoms. The van der Waals surface area contributed by atoms with E-state index < -0.39 is 9.84 Å². The Hall–Kier alpha value is -1.41. The summed E-state index contributed by atoms with van der Waals surface area (Å²) in [6.45, 7) is 0. The molecule has 22 heavy (non-hydrogen) atoms. The summed E-state index contributed by atoms with van der Waals surface area (Å²) in [5.74, 6) is 0.503. The van der Waals surface area contributed by atoms with Gasteiger partial charge in [0.25, 0.3) is 0 Å². The second-order valence-corrected chi connectivity index (χ2v) is 8.30. The molecule has 1 aromatic carbocycles. The molecule has 1 amide bonds. The molecular formula is C14H17BrN2O4S. The molecule has 1 aliphatic rings. The molecule has 0 radical (unpaired) electrons. The number of nitrogens with zero attached hydrogens (tertiary/aromatic N) is 1. The van der Waals surface area contributed by atoms with Gasteiger partial charge in [0.05, 0.1) is 24.8 Å². The maximum atomic E-state index is 11.8. The number of sulfone groups is 1. The Morgan fingerprint density at radius 3 is 2.95 bits per heavy atom. The van der Waals surface area contributed by atoms with Crippen LogP contribution < -0.4 is 10.2 Å². The third-order valence-electron chi connectivity index (χ3n) is 3.39. The first-order valence-electron chi connectivity index (χ1n) is 6.75. The summed E-state index contributed by atoms with van der Waals surface area (Å²) in [5, 5.41) is 3.89. The molecule has 1 heterocycles. The number of hydrazone groups is 1. The number of nitrogens with one attached hydrogen (secondary N) is 1. The van der Waals surface area contributed by atoms with E-state index in [1.54, 1.807) is 13.2 Å². The lowest BCUT2D eigenvalue weighted by molar-refractivity contribution is -0.121. The standard InChI is InChI=1S/C14H17BrN2O4S/c1-21-13-3-2-12(15)7-11(13)8-16-17-14(18)6-10-4-5-22(19,20)9-10/h2-3,7-8,10H,4-6,9H2,1H3,(H,17,18)/b16-8-/t10-/m0/s1. The minimum atomic E-state index is -2.96. The predicted octanol–water partition coefficient (Wildman–Crippen LogP) is 1.73. The van der Waals surface area contributed by atoms with Crippen LogP contribution in [0.15, 0.2) is 27.8 Å². The van der Waals surface area contributed by atoms with E-state index in [0.29, 0.717) is 12.2 Å². The molecule has 0 aromatic heterocycles. The molecule has 1 aliphatic heterocycles. The van der Waals surface area contributed by atoms with E-state index in [4.69, 9.17) is 4.74 Å². The number of ether oxygens (including phenoxy) is 1. The maximum absolute atomic E-state index is 11.8. The van der Waals surface area contributed by atoms with E-state index in [-0.39, 0.29) is 29.8 Å². The van der Waals surface area contributed by atoms with Crippen LogP contribution >= 0.6 is 15.9 Å². The predicted molar refractivity (Wildman–Crippen MR) is 87.8 cm³/mol. The van der Waals surface area contributed by atoms with Gasteiger partial charge in [-0.3, -0.25) is 4.79 Å². The molecule has 1 saturated heterocycles. The zero-order chi connectivity index (χ0) is 16.2. The normalized spacial score (nSPS) is 20.2. The average Bonchev–Trinajstić information content (AvgIpc) is 2.78. The molecule has 8 heteroatoms. The van der Waals surface area contributed by atoms with Crippen molar-refractivity contribution < 1.29 is 17.9 Å². The lowest BCUT2D eigenvalue weighted by atomic mass is 10.1. The van der Waals surface area contributed by atoms with Crippen LogP contribution in [-0.4, -0.2) is 39.2 Å². The fraction of sp³-hybridized carbons (Fsp3) is 0.429. The van der Waals surface area contributed by atoms with Crippen LogP contribution in [0.4, 0.5) is 0 Å². The molecule has 0 aliphatic carbocycles. The zero-order valence-electron chi connectivity index (χ0n) is 12.1. The SMILES string of the molecule is COc1ccc(Br)cc1/C=N\NC(=O)C[C@@H]1CCS(=O)(=O)C1. The van der Waals surface area contributed by atoms with Gasteiger partial charge in [-0.1, -0.05) is 15.9 Å². The summed E-state index contributed by atoms with van der Waals surface area (Å²) in [6.07, 6.45) is 2.21. The second kappa shape index (κ2) is 7.23. The van der Waals surface area contributed by atoms with Crippen LogP contribution in [0.25, 0.3) is 0 Å². The van der Waals surface area contributed by atoms with Gasteiger partial charge in [0.1, 0.15) is 5.75 Å². The third kappa shape index (κ3) is 4.81. The van der Waals surface area contributed by atoms with E-state index in [1.165, 1.54) is 6.21 Å². The van der Waals surface area contributed by atoms with Crippen molar-refractivity contribution in [2.24, 2.45) is 11.0 Å². The highest BCUT2D eigenvalue weighted by Gasteiger charge is 2.29. The highest BCUT2D eigenvalue weighted by molar-refractivity contribution is 9.10. The molecular weight excluding hydrogens is 372 g/mol. The monoisotopic (exact) mass is 388 g/mol. The lowest BCUT2D eigenvalue weighted by Gasteiger charge is -2.06. The minimum absolute atomic E-state index is 0.0869. The van der Waals surface area contributed by atoms with E-state index in [2.05, 4.69) is 26.5 Å². The Morgan fingerprint density at radius 2 is 2.32 bits per heavy atom. The van der Waals surface area contributed by atoms with Gasteiger partial charge in [-0.15, -0.1) is 0 Å². The Kier molecular flexibility index (Phi) is 5.57. The maximum Gasteiger partial charge on any atom is 0.240 e. The summed E-state index contributed by atoms with van der Waals surface area (Å²) in [5.41, 5.74) is 3.14. The van der Waals surface area contributed by atoms with Crippen LogP contribution in [0.1, 0.15) is 18.4 Å². The summed E-state index contributed by atoms with van der Waals surface area (Å²) >= 11 is 3.35. The first kappa shape index (κ1) is 17.0. The molecule has 2 rings (SSSR count). The van der Waals surface area contributed by atoms with Crippen molar-refractivity contribution in [2.75, 3.05) is 18.6 Å². The van der Waals surface area contributed by atoms with Crippen molar-refractivity contribution in [3.63, 3.8) is 0 Å². The summed E-state index contributed by atoms with van der Waals surface area (Å²) in [7, 11) is -1.40. The Bertz CT molecular complexity index is 688. The zero-order valence-corrected chi connectivity index (χ0v) is 14.5. The van der Waals surface area contributed by atoms with Crippen LogP contribution in [0, 0.1) is 5.92 Å². The van der Waals surface area contributed by atoms with Crippen molar-refractivity contribution >= 4 is 37.9 Å². The minimum Gasteiger partial charge on any atom is -0.496 e. The molecule has 6 nitrogen and oxygen atoms in total. The molecule has 120 valence electrons. The smallest absolute Gasteiger partial charge is 0.240 e. The average molecular weight is 389 g/mol. The van der Waals surface area contributed by atoms with Gasteiger partial charge in [-0.2, -0.15) is 5.10 Å². The van der Waals surface area contributed by atoms with Crippen LogP contribution in [-0.2, 0) is 14.6 Å². The Morgan fingerprint density at radius 1 is 1.55 bits per heavy atom. The second-order valence-electron chi connectivity index (χ2n) is 5.15. The number of rotatable bonds is 5. The summed E-state index contributed by atoms with van der Waals surface area (Å²) in [6, 6.07) is 5.45. The molecule has 1 atom stereocenters. The van der Waals surface area contributed by atoms with Crippen molar-refractivity contribution in [2.45, 2.75) is 12.8 Å². The van der Waals surface area contributed by atoms with E-state index >= 15 is 0 Å². The fourth-order valence-electron chi connectivity index (χ4n) is 2.32. The molecule has 1 N–H and O–H groups in total. The largest absolute Gasteiger partial charge is 0.496 e. The third-order valence-corrected chi connectivity index (χ3v) is 5.72. The van der Waals surface area contributed by atoms with Gasteiger partial charge in [0.2, 0.25) is 5.91 Å². The van der Waals surface area contributed by atoms with Crippen molar-refractivity contribution in [3.8, 4) is 5.75 Å². The van der Waals surface area contributed by atoms with Gasteiger partial charge in [0, 0.05) is 16.5 Å². The fourth-order valence-corrected chi connectivity index (χ4v) is 4.56. The number of halogens is 1. The lowest BCUT2D eigenvalue weighted by Crippen LogP contribution is -2.21. The topological polar surface area (TPSA) is 84.8 Å². The number of methoxy groups -OCH3 is 1. The first-order chi connectivity index (χ1) is 10.4. The molecule has 0 unspecified atom stereocenters.